The van der Waals surface area contributed by atoms with Gasteiger partial charge in [0.25, 0.3) is 0 Å². The number of aryl methyl sites for hydroxylation is 1. The van der Waals surface area contributed by atoms with Crippen LogP contribution in [0.3, 0.4) is 0 Å². The zero-order chi connectivity index (χ0) is 18.9. The molecule has 0 spiro atoms. The molecule has 1 N–H and O–H groups in total. The van der Waals surface area contributed by atoms with Crippen LogP contribution in [0.2, 0.25) is 0 Å². The zero-order valence-corrected chi connectivity index (χ0v) is 19.5. The largest absolute Gasteiger partial charge is 0.356 e. The molecule has 0 unspecified atom stereocenters. The number of hydrogen-bond acceptors (Lipinski definition) is 4. The Morgan fingerprint density at radius 2 is 1.93 bits per heavy atom. The summed E-state index contributed by atoms with van der Waals surface area (Å²) >= 11 is 1.64. The van der Waals surface area contributed by atoms with Gasteiger partial charge < -0.3 is 15.1 Å². The predicted octanol–water partition coefficient (Wildman–Crippen LogP) is 2.78. The van der Waals surface area contributed by atoms with Crippen molar-refractivity contribution in [2.24, 2.45) is 4.99 Å². The van der Waals surface area contributed by atoms with Crippen molar-refractivity contribution in [3.63, 3.8) is 0 Å². The van der Waals surface area contributed by atoms with Gasteiger partial charge in [0.1, 0.15) is 6.54 Å². The number of aliphatic imine (C=N–C) groups is 1. The van der Waals surface area contributed by atoms with Gasteiger partial charge in [0.05, 0.1) is 17.2 Å². The second-order valence-corrected chi connectivity index (χ2v) is 7.37. The molecule has 0 bridgehead atoms. The highest BCUT2D eigenvalue weighted by Crippen LogP contribution is 2.10. The Kier molecular flexibility index (Phi) is 10.3. The van der Waals surface area contributed by atoms with Crippen molar-refractivity contribution in [1.82, 2.24) is 20.1 Å². The van der Waals surface area contributed by atoms with Crippen molar-refractivity contribution in [1.29, 1.82) is 0 Å². The van der Waals surface area contributed by atoms with E-state index in [9.17, 15) is 4.79 Å². The fourth-order valence-electron chi connectivity index (χ4n) is 2.36. The van der Waals surface area contributed by atoms with Crippen LogP contribution in [-0.4, -0.2) is 60.9 Å². The highest BCUT2D eigenvalue weighted by atomic mass is 127. The Morgan fingerprint density at radius 1 is 1.22 bits per heavy atom. The predicted molar refractivity (Wildman–Crippen MR) is 123 cm³/mol. The summed E-state index contributed by atoms with van der Waals surface area (Å²) in [5.41, 5.74) is 2.27. The molecule has 148 valence electrons. The second-order valence-electron chi connectivity index (χ2n) is 6.30. The van der Waals surface area contributed by atoms with Crippen molar-refractivity contribution >= 4 is 47.2 Å². The summed E-state index contributed by atoms with van der Waals surface area (Å²) in [6.45, 7) is 3.52. The van der Waals surface area contributed by atoms with E-state index in [1.165, 1.54) is 5.56 Å². The quantitative estimate of drug-likeness (QED) is 0.360. The lowest BCUT2D eigenvalue weighted by atomic mass is 10.1. The van der Waals surface area contributed by atoms with Crippen molar-refractivity contribution < 1.29 is 4.79 Å². The van der Waals surface area contributed by atoms with Crippen LogP contribution in [0.5, 0.6) is 0 Å². The summed E-state index contributed by atoms with van der Waals surface area (Å²) in [6, 6.07) is 10.3. The molecule has 1 aromatic carbocycles. The van der Waals surface area contributed by atoms with Gasteiger partial charge in [0.15, 0.2) is 5.96 Å². The Hall–Kier alpha value is -1.68. The number of aromatic nitrogens is 1. The number of halogens is 1. The molecular formula is C19H28IN5OS. The van der Waals surface area contributed by atoms with Gasteiger partial charge in [-0.25, -0.2) is 9.98 Å². The number of carbonyl (C=O) groups is 1. The molecule has 27 heavy (non-hydrogen) atoms. The minimum absolute atomic E-state index is 0. The monoisotopic (exact) mass is 501 g/mol. The number of carbonyl (C=O) groups excluding carboxylic acids is 1. The number of amides is 1. The molecule has 0 saturated carbocycles. The van der Waals surface area contributed by atoms with Crippen molar-refractivity contribution in [2.75, 3.05) is 34.2 Å². The summed E-state index contributed by atoms with van der Waals surface area (Å²) in [7, 11) is 5.44. The van der Waals surface area contributed by atoms with Crippen LogP contribution in [0.1, 0.15) is 16.3 Å². The summed E-state index contributed by atoms with van der Waals surface area (Å²) in [5.74, 6) is 0.687. The van der Waals surface area contributed by atoms with Crippen molar-refractivity contribution in [2.45, 2.75) is 19.9 Å². The molecule has 1 amide bonds. The molecule has 2 aromatic rings. The third-order valence-corrected chi connectivity index (χ3v) is 4.65. The molecule has 1 aromatic heterocycles. The fraction of sp³-hybridized carbons (Fsp3) is 0.421. The second kappa shape index (κ2) is 11.9. The summed E-state index contributed by atoms with van der Waals surface area (Å²) < 4.78 is 0. The highest BCUT2D eigenvalue weighted by Gasteiger charge is 2.11. The van der Waals surface area contributed by atoms with Crippen LogP contribution in [0.4, 0.5) is 0 Å². The van der Waals surface area contributed by atoms with Crippen LogP contribution in [0.15, 0.2) is 40.7 Å². The van der Waals surface area contributed by atoms with Crippen molar-refractivity contribution in [3.05, 3.63) is 52.0 Å². The van der Waals surface area contributed by atoms with E-state index in [0.717, 1.165) is 23.7 Å². The maximum Gasteiger partial charge on any atom is 0.243 e. The van der Waals surface area contributed by atoms with Crippen LogP contribution >= 0.6 is 35.3 Å². The Balaban J connectivity index is 0.00000364. The van der Waals surface area contributed by atoms with E-state index in [0.29, 0.717) is 12.5 Å². The Labute approximate surface area is 182 Å². The lowest BCUT2D eigenvalue weighted by Gasteiger charge is -2.22. The third-order valence-electron chi connectivity index (χ3n) is 3.83. The van der Waals surface area contributed by atoms with E-state index >= 15 is 0 Å². The Morgan fingerprint density at radius 3 is 2.52 bits per heavy atom. The summed E-state index contributed by atoms with van der Waals surface area (Å²) in [6.07, 6.45) is 0.894. The maximum absolute atomic E-state index is 11.9. The van der Waals surface area contributed by atoms with Gasteiger partial charge in [0, 0.05) is 33.1 Å². The third kappa shape index (κ3) is 8.25. The molecule has 0 aliphatic rings. The first-order valence-electron chi connectivity index (χ1n) is 8.60. The lowest BCUT2D eigenvalue weighted by molar-refractivity contribution is -0.127. The first-order valence-corrected chi connectivity index (χ1v) is 9.48. The highest BCUT2D eigenvalue weighted by molar-refractivity contribution is 14.0. The number of nitrogens with one attached hydrogen (secondary N) is 1. The maximum atomic E-state index is 11.9. The molecule has 6 nitrogen and oxygen atoms in total. The van der Waals surface area contributed by atoms with Crippen LogP contribution in [0.25, 0.3) is 0 Å². The van der Waals surface area contributed by atoms with Crippen LogP contribution < -0.4 is 5.32 Å². The molecule has 2 rings (SSSR count). The van der Waals surface area contributed by atoms with Crippen LogP contribution in [-0.2, 0) is 17.8 Å². The fourth-order valence-corrected chi connectivity index (χ4v) is 2.96. The van der Waals surface area contributed by atoms with Gasteiger partial charge in [-0.2, -0.15) is 0 Å². The van der Waals surface area contributed by atoms with E-state index in [4.69, 9.17) is 0 Å². The molecule has 0 aliphatic carbocycles. The number of benzene rings is 1. The van der Waals surface area contributed by atoms with Gasteiger partial charge >= 0.3 is 0 Å². The van der Waals surface area contributed by atoms with Crippen molar-refractivity contribution in [3.8, 4) is 0 Å². The number of hydrogen-bond donors (Lipinski definition) is 1. The van der Waals surface area contributed by atoms with E-state index in [1.54, 1.807) is 30.3 Å². The zero-order valence-electron chi connectivity index (χ0n) is 16.3. The molecule has 1 heterocycles. The van der Waals surface area contributed by atoms with Gasteiger partial charge in [0.2, 0.25) is 5.91 Å². The van der Waals surface area contributed by atoms with E-state index in [-0.39, 0.29) is 36.4 Å². The topological polar surface area (TPSA) is 60.8 Å². The van der Waals surface area contributed by atoms with E-state index in [1.807, 2.05) is 37.1 Å². The molecule has 8 heteroatoms. The van der Waals surface area contributed by atoms with Crippen LogP contribution in [0, 0.1) is 6.92 Å². The van der Waals surface area contributed by atoms with Gasteiger partial charge in [-0.3, -0.25) is 4.79 Å². The van der Waals surface area contributed by atoms with E-state index in [2.05, 4.69) is 32.8 Å². The average molecular weight is 501 g/mol. The smallest absolute Gasteiger partial charge is 0.243 e. The van der Waals surface area contributed by atoms with Gasteiger partial charge in [-0.15, -0.1) is 35.3 Å². The molecule has 0 aliphatic heterocycles. The number of thiazole rings is 1. The SMILES string of the molecule is Cc1nc(CN(C)C(=NCC(=O)N(C)C)NCCc2ccccc2)cs1.I. The summed E-state index contributed by atoms with van der Waals surface area (Å²) in [4.78, 5) is 24.4. The molecule has 0 radical (unpaired) electrons. The first kappa shape index (κ1) is 23.4. The average Bonchev–Trinajstić information content (AvgIpc) is 3.03. The molecule has 0 fully saturated rings. The minimum Gasteiger partial charge on any atom is -0.356 e. The number of nitrogens with zero attached hydrogens (tertiary/aromatic N) is 4. The number of likely N-dealkylation sites (N-methyl/N-ethyl adjacent to an activating group) is 1. The molecular weight excluding hydrogens is 473 g/mol. The number of guanidine groups is 1. The Bertz CT molecular complexity index is 733. The minimum atomic E-state index is -0.0229. The van der Waals surface area contributed by atoms with Gasteiger partial charge in [-0.05, 0) is 18.9 Å². The lowest BCUT2D eigenvalue weighted by Crippen LogP contribution is -2.40. The van der Waals surface area contributed by atoms with E-state index < -0.39 is 0 Å². The molecule has 0 atom stereocenters. The van der Waals surface area contributed by atoms with Gasteiger partial charge in [-0.1, -0.05) is 30.3 Å². The first-order chi connectivity index (χ1) is 12.5. The standard InChI is InChI=1S/C19H27N5OS.HI/c1-15-22-17(14-26-15)13-24(4)19(21-12-18(25)23(2)3)20-11-10-16-8-6-5-7-9-16;/h5-9,14H,10-13H2,1-4H3,(H,20,21);1H. The summed E-state index contributed by atoms with van der Waals surface area (Å²) in [5, 5.41) is 6.47. The normalized spacial score (nSPS) is 10.9. The molecule has 0 saturated heterocycles. The number of rotatable bonds is 7.